The van der Waals surface area contributed by atoms with E-state index in [0.717, 1.165) is 25.2 Å². The lowest BCUT2D eigenvalue weighted by molar-refractivity contribution is 0.0697. The van der Waals surface area contributed by atoms with Crippen molar-refractivity contribution in [3.05, 3.63) is 35.7 Å². The van der Waals surface area contributed by atoms with Crippen LogP contribution in [0.5, 0.6) is 0 Å². The largest absolute Gasteiger partial charge is 0.478 e. The molecule has 84 valence electrons. The molecule has 2 heterocycles. The second-order valence-corrected chi connectivity index (χ2v) is 3.94. The van der Waals surface area contributed by atoms with Gasteiger partial charge in [0.15, 0.2) is 0 Å². The standard InChI is InChI=1S/C12H14N2O2/c1-9-3-6-14(7-4-9)11-2-5-13-8-10(11)12(15)16/h2-3,5,8H,4,6-7H2,1H3,(H,15,16). The van der Waals surface area contributed by atoms with E-state index in [-0.39, 0.29) is 5.56 Å². The van der Waals surface area contributed by atoms with Crippen molar-refractivity contribution >= 4 is 11.7 Å². The number of carbonyl (C=O) groups is 1. The third kappa shape index (κ3) is 2.05. The molecular formula is C12H14N2O2. The summed E-state index contributed by atoms with van der Waals surface area (Å²) in [7, 11) is 0. The van der Waals surface area contributed by atoms with E-state index in [1.54, 1.807) is 12.3 Å². The summed E-state index contributed by atoms with van der Waals surface area (Å²) in [6.07, 6.45) is 6.16. The number of anilines is 1. The minimum absolute atomic E-state index is 0.274. The monoisotopic (exact) mass is 218 g/mol. The van der Waals surface area contributed by atoms with Crippen molar-refractivity contribution in [1.29, 1.82) is 0 Å². The number of nitrogens with zero attached hydrogens (tertiary/aromatic N) is 2. The van der Waals surface area contributed by atoms with Gasteiger partial charge < -0.3 is 10.0 Å². The van der Waals surface area contributed by atoms with Crippen LogP contribution >= 0.6 is 0 Å². The molecule has 1 aliphatic rings. The molecule has 0 atom stereocenters. The van der Waals surface area contributed by atoms with Gasteiger partial charge in [0.2, 0.25) is 0 Å². The summed E-state index contributed by atoms with van der Waals surface area (Å²) in [4.78, 5) is 17.0. The molecule has 0 saturated heterocycles. The summed E-state index contributed by atoms with van der Waals surface area (Å²) >= 11 is 0. The lowest BCUT2D eigenvalue weighted by Gasteiger charge is -2.28. The van der Waals surface area contributed by atoms with Crippen LogP contribution in [0, 0.1) is 0 Å². The molecule has 0 saturated carbocycles. The van der Waals surface area contributed by atoms with Gasteiger partial charge in [-0.25, -0.2) is 4.79 Å². The van der Waals surface area contributed by atoms with Crippen molar-refractivity contribution in [2.45, 2.75) is 13.3 Å². The minimum atomic E-state index is -0.922. The number of hydrogen-bond donors (Lipinski definition) is 1. The molecule has 0 fully saturated rings. The molecule has 4 heteroatoms. The Bertz CT molecular complexity index is 440. The maximum Gasteiger partial charge on any atom is 0.339 e. The maximum absolute atomic E-state index is 11.0. The van der Waals surface area contributed by atoms with Crippen LogP contribution in [-0.4, -0.2) is 29.1 Å². The number of aromatic nitrogens is 1. The van der Waals surface area contributed by atoms with E-state index in [0.29, 0.717) is 0 Å². The summed E-state index contributed by atoms with van der Waals surface area (Å²) in [5, 5.41) is 9.07. The molecule has 1 aromatic heterocycles. The fourth-order valence-electron chi connectivity index (χ4n) is 1.82. The topological polar surface area (TPSA) is 53.4 Å². The fraction of sp³-hybridized carbons (Fsp3) is 0.333. The molecular weight excluding hydrogens is 204 g/mol. The van der Waals surface area contributed by atoms with Gasteiger partial charge in [0, 0.05) is 25.5 Å². The smallest absolute Gasteiger partial charge is 0.339 e. The van der Waals surface area contributed by atoms with Crippen molar-refractivity contribution < 1.29 is 9.90 Å². The highest BCUT2D eigenvalue weighted by Gasteiger charge is 2.17. The van der Waals surface area contributed by atoms with Gasteiger partial charge >= 0.3 is 5.97 Å². The van der Waals surface area contributed by atoms with E-state index in [1.807, 2.05) is 0 Å². The van der Waals surface area contributed by atoms with Crippen LogP contribution in [0.15, 0.2) is 30.1 Å². The third-order valence-electron chi connectivity index (χ3n) is 2.81. The highest BCUT2D eigenvalue weighted by atomic mass is 16.4. The van der Waals surface area contributed by atoms with Gasteiger partial charge in [-0.1, -0.05) is 11.6 Å². The molecule has 0 amide bonds. The number of hydrogen-bond acceptors (Lipinski definition) is 3. The van der Waals surface area contributed by atoms with E-state index in [2.05, 4.69) is 22.9 Å². The highest BCUT2D eigenvalue weighted by molar-refractivity contribution is 5.94. The molecule has 1 aromatic rings. The first-order chi connectivity index (χ1) is 7.68. The number of aromatic carboxylic acids is 1. The number of carboxylic acid groups (broad SMARTS) is 1. The van der Waals surface area contributed by atoms with E-state index in [9.17, 15) is 4.79 Å². The third-order valence-corrected chi connectivity index (χ3v) is 2.81. The fourth-order valence-corrected chi connectivity index (χ4v) is 1.82. The predicted molar refractivity (Wildman–Crippen MR) is 61.8 cm³/mol. The summed E-state index contributed by atoms with van der Waals surface area (Å²) < 4.78 is 0. The Morgan fingerprint density at radius 1 is 1.56 bits per heavy atom. The first-order valence-electron chi connectivity index (χ1n) is 5.26. The van der Waals surface area contributed by atoms with Gasteiger partial charge in [-0.3, -0.25) is 4.98 Å². The van der Waals surface area contributed by atoms with Crippen LogP contribution in [0.1, 0.15) is 23.7 Å². The molecule has 1 aliphatic heterocycles. The summed E-state index contributed by atoms with van der Waals surface area (Å²) in [5.74, 6) is -0.922. The molecule has 0 aliphatic carbocycles. The van der Waals surface area contributed by atoms with Gasteiger partial charge in [0.25, 0.3) is 0 Å². The Balaban J connectivity index is 2.30. The van der Waals surface area contributed by atoms with Crippen LogP contribution in [0.25, 0.3) is 0 Å². The van der Waals surface area contributed by atoms with Gasteiger partial charge in [-0.05, 0) is 19.4 Å². The van der Waals surface area contributed by atoms with Crippen molar-refractivity contribution in [2.75, 3.05) is 18.0 Å². The van der Waals surface area contributed by atoms with Crippen molar-refractivity contribution in [2.24, 2.45) is 0 Å². The predicted octanol–water partition coefficient (Wildman–Crippen LogP) is 1.94. The van der Waals surface area contributed by atoms with Crippen LogP contribution < -0.4 is 4.90 Å². The number of pyridine rings is 1. The zero-order valence-electron chi connectivity index (χ0n) is 9.18. The zero-order valence-corrected chi connectivity index (χ0v) is 9.18. The molecule has 2 rings (SSSR count). The van der Waals surface area contributed by atoms with Crippen molar-refractivity contribution in [1.82, 2.24) is 4.98 Å². The maximum atomic E-state index is 11.0. The molecule has 4 nitrogen and oxygen atoms in total. The molecule has 1 N–H and O–H groups in total. The van der Waals surface area contributed by atoms with E-state index in [1.165, 1.54) is 11.8 Å². The lowest BCUT2D eigenvalue weighted by atomic mass is 10.1. The Morgan fingerprint density at radius 3 is 3.00 bits per heavy atom. The normalized spacial score (nSPS) is 15.8. The minimum Gasteiger partial charge on any atom is -0.478 e. The highest BCUT2D eigenvalue weighted by Crippen LogP contribution is 2.22. The van der Waals surface area contributed by atoms with Gasteiger partial charge in [-0.15, -0.1) is 0 Å². The Morgan fingerprint density at radius 2 is 2.38 bits per heavy atom. The quantitative estimate of drug-likeness (QED) is 0.771. The first-order valence-corrected chi connectivity index (χ1v) is 5.26. The van der Waals surface area contributed by atoms with Crippen LogP contribution in [0.4, 0.5) is 5.69 Å². The summed E-state index contributed by atoms with van der Waals surface area (Å²) in [6.45, 7) is 3.74. The number of carboxylic acids is 1. The molecule has 0 unspecified atom stereocenters. The average molecular weight is 218 g/mol. The summed E-state index contributed by atoms with van der Waals surface area (Å²) in [5.41, 5.74) is 2.39. The van der Waals surface area contributed by atoms with E-state index < -0.39 is 5.97 Å². The molecule has 0 radical (unpaired) electrons. The Labute approximate surface area is 94.2 Å². The molecule has 0 bridgehead atoms. The van der Waals surface area contributed by atoms with Crippen LogP contribution in [-0.2, 0) is 0 Å². The van der Waals surface area contributed by atoms with Crippen LogP contribution in [0.2, 0.25) is 0 Å². The van der Waals surface area contributed by atoms with Crippen molar-refractivity contribution in [3.8, 4) is 0 Å². The van der Waals surface area contributed by atoms with Gasteiger partial charge in [-0.2, -0.15) is 0 Å². The van der Waals surface area contributed by atoms with Crippen molar-refractivity contribution in [3.63, 3.8) is 0 Å². The Kier molecular flexibility index (Phi) is 2.90. The Hall–Kier alpha value is -1.84. The second kappa shape index (κ2) is 4.35. The SMILES string of the molecule is CC1=CCN(c2ccncc2C(=O)O)CC1. The summed E-state index contributed by atoms with van der Waals surface area (Å²) in [6, 6.07) is 1.76. The lowest BCUT2D eigenvalue weighted by Crippen LogP contribution is -2.29. The second-order valence-electron chi connectivity index (χ2n) is 3.94. The van der Waals surface area contributed by atoms with Gasteiger partial charge in [0.05, 0.1) is 5.69 Å². The van der Waals surface area contributed by atoms with E-state index >= 15 is 0 Å². The number of rotatable bonds is 2. The average Bonchev–Trinajstić information content (AvgIpc) is 2.30. The zero-order chi connectivity index (χ0) is 11.5. The molecule has 0 spiro atoms. The van der Waals surface area contributed by atoms with Gasteiger partial charge in [0.1, 0.15) is 5.56 Å². The molecule has 16 heavy (non-hydrogen) atoms. The molecule has 0 aromatic carbocycles. The first kappa shape index (κ1) is 10.7. The van der Waals surface area contributed by atoms with E-state index in [4.69, 9.17) is 5.11 Å². The van der Waals surface area contributed by atoms with Crippen LogP contribution in [0.3, 0.4) is 0 Å².